The molecular weight excluding hydrogens is 286 g/mol. The van der Waals surface area contributed by atoms with Crippen LogP contribution in [-0.2, 0) is 19.6 Å². The van der Waals surface area contributed by atoms with Crippen molar-refractivity contribution in [1.29, 1.82) is 0 Å². The van der Waals surface area contributed by atoms with Crippen molar-refractivity contribution in [3.63, 3.8) is 0 Å². The number of alkyl halides is 1. The van der Waals surface area contributed by atoms with E-state index in [-0.39, 0.29) is 6.42 Å². The summed E-state index contributed by atoms with van der Waals surface area (Å²) in [5.41, 5.74) is 0. The molecule has 1 unspecified atom stereocenters. The summed E-state index contributed by atoms with van der Waals surface area (Å²) >= 11 is 6.66. The van der Waals surface area contributed by atoms with Gasteiger partial charge in [0.1, 0.15) is 5.21 Å². The highest BCUT2D eigenvalue weighted by Crippen LogP contribution is 2.23. The number of methoxy groups -OCH3 is 1. The number of halogens is 1. The molecule has 0 bridgehead atoms. The van der Waals surface area contributed by atoms with Crippen molar-refractivity contribution in [2.24, 2.45) is 0 Å². The first-order chi connectivity index (χ1) is 7.98. The Morgan fingerprint density at radius 2 is 2.35 bits per heavy atom. The SMILES string of the molecule is COC(=O)CC(NS(=O)(=O)CCl)c1cccs1. The lowest BCUT2D eigenvalue weighted by Crippen LogP contribution is -2.30. The molecule has 0 amide bonds. The molecular formula is C9H12ClNO4S2. The Morgan fingerprint density at radius 1 is 1.65 bits per heavy atom. The Labute approximate surface area is 109 Å². The number of hydrogen-bond acceptors (Lipinski definition) is 5. The molecule has 1 rings (SSSR count). The summed E-state index contributed by atoms with van der Waals surface area (Å²) in [5, 5.41) is 1.25. The van der Waals surface area contributed by atoms with Crippen molar-refractivity contribution in [3.05, 3.63) is 22.4 Å². The van der Waals surface area contributed by atoms with E-state index in [1.165, 1.54) is 18.4 Å². The highest BCUT2D eigenvalue weighted by atomic mass is 35.5. The molecule has 0 fully saturated rings. The van der Waals surface area contributed by atoms with Gasteiger partial charge in [0.15, 0.2) is 0 Å². The molecule has 0 aliphatic carbocycles. The average Bonchev–Trinajstić information content (AvgIpc) is 2.81. The summed E-state index contributed by atoms with van der Waals surface area (Å²) in [7, 11) is -2.33. The number of sulfonamides is 1. The minimum absolute atomic E-state index is 0.0624. The summed E-state index contributed by atoms with van der Waals surface area (Å²) in [6.45, 7) is 0. The smallest absolute Gasteiger partial charge is 0.307 e. The summed E-state index contributed by atoms with van der Waals surface area (Å²) in [5.74, 6) is -0.485. The van der Waals surface area contributed by atoms with Gasteiger partial charge in [-0.25, -0.2) is 13.1 Å². The number of nitrogens with one attached hydrogen (secondary N) is 1. The molecule has 1 aromatic rings. The van der Waals surface area contributed by atoms with Gasteiger partial charge < -0.3 is 4.74 Å². The van der Waals surface area contributed by atoms with Gasteiger partial charge >= 0.3 is 5.97 Å². The van der Waals surface area contributed by atoms with E-state index in [1.54, 1.807) is 17.5 Å². The summed E-state index contributed by atoms with van der Waals surface area (Å²) in [6.07, 6.45) is -0.0624. The number of ether oxygens (including phenoxy) is 1. The zero-order chi connectivity index (χ0) is 12.9. The first-order valence-electron chi connectivity index (χ1n) is 4.64. The predicted molar refractivity (Wildman–Crippen MR) is 66.5 cm³/mol. The Bertz CT molecular complexity index is 457. The van der Waals surface area contributed by atoms with E-state index in [4.69, 9.17) is 11.6 Å². The maximum Gasteiger partial charge on any atom is 0.307 e. The minimum atomic E-state index is -3.58. The van der Waals surface area contributed by atoms with Gasteiger partial charge in [-0.1, -0.05) is 6.07 Å². The molecule has 1 aromatic heterocycles. The van der Waals surface area contributed by atoms with Gasteiger partial charge in [-0.15, -0.1) is 22.9 Å². The maximum atomic E-state index is 11.4. The summed E-state index contributed by atoms with van der Waals surface area (Å²) < 4.78 is 29.7. The third-order valence-corrected chi connectivity index (χ3v) is 4.73. The zero-order valence-electron chi connectivity index (χ0n) is 9.05. The third-order valence-electron chi connectivity index (χ3n) is 1.95. The monoisotopic (exact) mass is 297 g/mol. The minimum Gasteiger partial charge on any atom is -0.469 e. The highest BCUT2D eigenvalue weighted by molar-refractivity contribution is 7.90. The molecule has 17 heavy (non-hydrogen) atoms. The molecule has 8 heteroatoms. The van der Waals surface area contributed by atoms with Crippen LogP contribution in [0.2, 0.25) is 0 Å². The van der Waals surface area contributed by atoms with E-state index in [1.807, 2.05) is 0 Å². The molecule has 1 heterocycles. The normalized spacial score (nSPS) is 13.3. The van der Waals surface area contributed by atoms with E-state index >= 15 is 0 Å². The second-order valence-corrected chi connectivity index (χ2v) is 6.51. The quantitative estimate of drug-likeness (QED) is 0.637. The van der Waals surface area contributed by atoms with Gasteiger partial charge in [-0.2, -0.15) is 0 Å². The van der Waals surface area contributed by atoms with Crippen LogP contribution < -0.4 is 4.72 Å². The number of carbonyl (C=O) groups excluding carboxylic acids is 1. The number of rotatable bonds is 6. The van der Waals surface area contributed by atoms with Crippen LogP contribution >= 0.6 is 22.9 Å². The third kappa shape index (κ3) is 4.63. The molecule has 96 valence electrons. The van der Waals surface area contributed by atoms with Crippen LogP contribution in [0.4, 0.5) is 0 Å². The maximum absolute atomic E-state index is 11.4. The molecule has 0 saturated heterocycles. The molecule has 0 aliphatic heterocycles. The predicted octanol–water partition coefficient (Wildman–Crippen LogP) is 1.47. The van der Waals surface area contributed by atoms with Crippen LogP contribution in [-0.4, -0.2) is 26.7 Å². The van der Waals surface area contributed by atoms with Crippen LogP contribution in [0.3, 0.4) is 0 Å². The molecule has 1 N–H and O–H groups in total. The Kier molecular flexibility index (Phi) is 5.38. The molecule has 1 atom stereocenters. The van der Waals surface area contributed by atoms with Gasteiger partial charge in [0.2, 0.25) is 10.0 Å². The fourth-order valence-corrected chi connectivity index (χ4v) is 2.94. The van der Waals surface area contributed by atoms with Crippen LogP contribution in [0.5, 0.6) is 0 Å². The highest BCUT2D eigenvalue weighted by Gasteiger charge is 2.22. The lowest BCUT2D eigenvalue weighted by Gasteiger charge is -2.15. The first kappa shape index (κ1) is 14.4. The van der Waals surface area contributed by atoms with Gasteiger partial charge in [0.05, 0.1) is 19.6 Å². The summed E-state index contributed by atoms with van der Waals surface area (Å²) in [6, 6.07) is 2.89. The fraction of sp³-hybridized carbons (Fsp3) is 0.444. The second-order valence-electron chi connectivity index (χ2n) is 3.19. The average molecular weight is 298 g/mol. The van der Waals surface area contributed by atoms with Crippen LogP contribution in [0.1, 0.15) is 17.3 Å². The summed E-state index contributed by atoms with van der Waals surface area (Å²) in [4.78, 5) is 11.9. The van der Waals surface area contributed by atoms with Gasteiger partial charge in [-0.05, 0) is 11.4 Å². The van der Waals surface area contributed by atoms with Crippen molar-refractivity contribution in [1.82, 2.24) is 4.72 Å². The zero-order valence-corrected chi connectivity index (χ0v) is 11.4. The lowest BCUT2D eigenvalue weighted by atomic mass is 10.2. The molecule has 0 aromatic carbocycles. The molecule has 0 aliphatic rings. The number of thiophene rings is 1. The largest absolute Gasteiger partial charge is 0.469 e. The van der Waals surface area contributed by atoms with Gasteiger partial charge in [0, 0.05) is 4.88 Å². The topological polar surface area (TPSA) is 72.5 Å². The van der Waals surface area contributed by atoms with Gasteiger partial charge in [-0.3, -0.25) is 4.79 Å². The van der Waals surface area contributed by atoms with Crippen LogP contribution in [0, 0.1) is 0 Å². The van der Waals surface area contributed by atoms with E-state index in [0.717, 1.165) is 4.88 Å². The van der Waals surface area contributed by atoms with E-state index in [9.17, 15) is 13.2 Å². The molecule has 0 spiro atoms. The molecule has 0 radical (unpaired) electrons. The molecule has 5 nitrogen and oxygen atoms in total. The number of esters is 1. The Morgan fingerprint density at radius 3 is 2.82 bits per heavy atom. The number of carbonyl (C=O) groups is 1. The lowest BCUT2D eigenvalue weighted by molar-refractivity contribution is -0.141. The van der Waals surface area contributed by atoms with E-state index in [0.29, 0.717) is 0 Å². The second kappa shape index (κ2) is 6.34. The first-order valence-corrected chi connectivity index (χ1v) is 7.71. The van der Waals surface area contributed by atoms with Crippen molar-refractivity contribution in [3.8, 4) is 0 Å². The van der Waals surface area contributed by atoms with E-state index < -0.39 is 27.2 Å². The van der Waals surface area contributed by atoms with E-state index in [2.05, 4.69) is 9.46 Å². The Balaban J connectivity index is 2.84. The number of hydrogen-bond donors (Lipinski definition) is 1. The van der Waals surface area contributed by atoms with Crippen molar-refractivity contribution in [2.45, 2.75) is 12.5 Å². The van der Waals surface area contributed by atoms with Gasteiger partial charge in [0.25, 0.3) is 0 Å². The standard InChI is InChI=1S/C9H12ClNO4S2/c1-15-9(12)5-7(8-3-2-4-16-8)11-17(13,14)6-10/h2-4,7,11H,5-6H2,1H3. The van der Waals surface area contributed by atoms with Crippen LogP contribution in [0.25, 0.3) is 0 Å². The Hall–Kier alpha value is -0.630. The van der Waals surface area contributed by atoms with Crippen molar-refractivity contribution < 1.29 is 17.9 Å². The fourth-order valence-electron chi connectivity index (χ4n) is 1.19. The van der Waals surface area contributed by atoms with Crippen molar-refractivity contribution >= 4 is 38.9 Å². The van der Waals surface area contributed by atoms with Crippen LogP contribution in [0.15, 0.2) is 17.5 Å². The van der Waals surface area contributed by atoms with Crippen molar-refractivity contribution in [2.75, 3.05) is 12.3 Å². The molecule has 0 saturated carbocycles.